The summed E-state index contributed by atoms with van der Waals surface area (Å²) in [6.07, 6.45) is 4.90. The smallest absolute Gasteiger partial charge is 0.292 e. The van der Waals surface area contributed by atoms with Gasteiger partial charge in [0, 0.05) is 29.7 Å². The molecular weight excluding hydrogens is 334 g/mol. The van der Waals surface area contributed by atoms with Gasteiger partial charge in [0.2, 0.25) is 0 Å². The molecule has 1 aromatic carbocycles. The molecule has 1 fully saturated rings. The molecule has 1 N–H and O–H groups in total. The lowest BCUT2D eigenvalue weighted by atomic mass is 10.0. The number of nitrogens with one attached hydrogen (secondary N) is 1. The predicted octanol–water partition coefficient (Wildman–Crippen LogP) is 4.03. The molecule has 6 heteroatoms. The van der Waals surface area contributed by atoms with Crippen LogP contribution in [-0.2, 0) is 0 Å². The minimum absolute atomic E-state index is 0.129. The largest absolute Gasteiger partial charge is 0.379 e. The number of likely N-dealkylation sites (tertiary alicyclic amines) is 1. The van der Waals surface area contributed by atoms with Crippen molar-refractivity contribution < 1.29 is 4.92 Å². The van der Waals surface area contributed by atoms with Crippen LogP contribution in [0.15, 0.2) is 22.7 Å². The van der Waals surface area contributed by atoms with Gasteiger partial charge in [-0.05, 0) is 44.9 Å². The van der Waals surface area contributed by atoms with Crippen LogP contribution in [0.4, 0.5) is 11.4 Å². The van der Waals surface area contributed by atoms with Gasteiger partial charge < -0.3 is 10.2 Å². The second-order valence-electron chi connectivity index (χ2n) is 5.58. The van der Waals surface area contributed by atoms with Gasteiger partial charge in [0.15, 0.2) is 0 Å². The zero-order valence-electron chi connectivity index (χ0n) is 12.3. The first-order valence-electron chi connectivity index (χ1n) is 7.50. The number of hydrogen-bond acceptors (Lipinski definition) is 4. The van der Waals surface area contributed by atoms with Crippen molar-refractivity contribution in [3.8, 4) is 0 Å². The molecule has 0 aromatic heterocycles. The summed E-state index contributed by atoms with van der Waals surface area (Å²) in [5, 5.41) is 14.2. The summed E-state index contributed by atoms with van der Waals surface area (Å²) in [7, 11) is 0. The number of nitro groups is 1. The van der Waals surface area contributed by atoms with E-state index < -0.39 is 0 Å². The van der Waals surface area contributed by atoms with Gasteiger partial charge in [0.1, 0.15) is 5.69 Å². The minimum atomic E-state index is -0.346. The fraction of sp³-hybridized carbons (Fsp3) is 0.600. The fourth-order valence-electron chi connectivity index (χ4n) is 2.80. The lowest BCUT2D eigenvalue weighted by molar-refractivity contribution is -0.384. The number of benzene rings is 1. The summed E-state index contributed by atoms with van der Waals surface area (Å²) in [4.78, 5) is 13.2. The average Bonchev–Trinajstić information content (AvgIpc) is 2.45. The maximum atomic E-state index is 11.0. The monoisotopic (exact) mass is 355 g/mol. The minimum Gasteiger partial charge on any atom is -0.379 e. The van der Waals surface area contributed by atoms with E-state index in [1.807, 2.05) is 0 Å². The molecule has 116 valence electrons. The molecule has 0 saturated carbocycles. The highest BCUT2D eigenvalue weighted by molar-refractivity contribution is 9.10. The van der Waals surface area contributed by atoms with Crippen LogP contribution >= 0.6 is 15.9 Å². The Labute approximate surface area is 134 Å². The van der Waals surface area contributed by atoms with Crippen molar-refractivity contribution in [2.45, 2.75) is 38.6 Å². The van der Waals surface area contributed by atoms with E-state index in [1.165, 1.54) is 31.9 Å². The molecule has 1 saturated heterocycles. The maximum Gasteiger partial charge on any atom is 0.292 e. The zero-order chi connectivity index (χ0) is 15.2. The Bertz CT molecular complexity index is 496. The summed E-state index contributed by atoms with van der Waals surface area (Å²) in [6, 6.07) is 5.65. The highest BCUT2D eigenvalue weighted by Crippen LogP contribution is 2.27. The molecule has 1 aromatic rings. The number of rotatable bonds is 6. The highest BCUT2D eigenvalue weighted by atomic mass is 79.9. The van der Waals surface area contributed by atoms with Gasteiger partial charge in [-0.3, -0.25) is 10.1 Å². The van der Waals surface area contributed by atoms with E-state index in [0.29, 0.717) is 11.7 Å². The molecule has 5 nitrogen and oxygen atoms in total. The molecule has 0 aliphatic carbocycles. The molecule has 2 rings (SSSR count). The van der Waals surface area contributed by atoms with Gasteiger partial charge in [-0.1, -0.05) is 22.4 Å². The normalized spacial score (nSPS) is 19.4. The van der Waals surface area contributed by atoms with E-state index in [-0.39, 0.29) is 10.6 Å². The van der Waals surface area contributed by atoms with E-state index in [2.05, 4.69) is 33.1 Å². The van der Waals surface area contributed by atoms with Gasteiger partial charge in [0.05, 0.1) is 4.92 Å². The second-order valence-corrected chi connectivity index (χ2v) is 6.50. The lowest BCUT2D eigenvalue weighted by Gasteiger charge is -2.33. The van der Waals surface area contributed by atoms with Gasteiger partial charge in [-0.2, -0.15) is 0 Å². The predicted molar refractivity (Wildman–Crippen MR) is 88.8 cm³/mol. The summed E-state index contributed by atoms with van der Waals surface area (Å²) in [5.41, 5.74) is 0.714. The number of hydrogen-bond donors (Lipinski definition) is 1. The van der Waals surface area contributed by atoms with E-state index in [4.69, 9.17) is 0 Å². The number of nitrogens with zero attached hydrogens (tertiary/aromatic N) is 2. The third kappa shape index (κ3) is 4.68. The molecule has 1 atom stereocenters. The Kier molecular flexibility index (Phi) is 5.99. The topological polar surface area (TPSA) is 58.4 Å². The van der Waals surface area contributed by atoms with Gasteiger partial charge in [-0.15, -0.1) is 0 Å². The van der Waals surface area contributed by atoms with Crippen molar-refractivity contribution in [1.29, 1.82) is 0 Å². The first kappa shape index (κ1) is 16.2. The molecule has 1 aliphatic heterocycles. The van der Waals surface area contributed by atoms with Crippen molar-refractivity contribution in [2.75, 3.05) is 25.0 Å². The number of halogens is 1. The standard InChI is InChI=1S/C15H22BrN3O2/c1-12-5-2-3-9-18(12)10-4-8-17-14-11-13(16)6-7-15(14)19(20)21/h6-7,11-12,17H,2-5,8-10H2,1H3. The van der Waals surface area contributed by atoms with Crippen molar-refractivity contribution in [3.63, 3.8) is 0 Å². The Balaban J connectivity index is 1.83. The Morgan fingerprint density at radius 2 is 2.29 bits per heavy atom. The summed E-state index contributed by atoms with van der Waals surface area (Å²) >= 11 is 3.35. The van der Waals surface area contributed by atoms with E-state index >= 15 is 0 Å². The molecule has 0 bridgehead atoms. The summed E-state index contributed by atoms with van der Waals surface area (Å²) in [5.74, 6) is 0. The Morgan fingerprint density at radius 3 is 3.00 bits per heavy atom. The number of anilines is 1. The second kappa shape index (κ2) is 7.75. The quantitative estimate of drug-likeness (QED) is 0.475. The van der Waals surface area contributed by atoms with Gasteiger partial charge >= 0.3 is 0 Å². The molecule has 1 heterocycles. The van der Waals surface area contributed by atoms with Crippen LogP contribution < -0.4 is 5.32 Å². The molecule has 1 aliphatic rings. The fourth-order valence-corrected chi connectivity index (χ4v) is 3.17. The number of nitro benzene ring substituents is 1. The van der Waals surface area contributed by atoms with Gasteiger partial charge in [0.25, 0.3) is 5.69 Å². The summed E-state index contributed by atoms with van der Waals surface area (Å²) < 4.78 is 0.847. The molecular formula is C15H22BrN3O2. The highest BCUT2D eigenvalue weighted by Gasteiger charge is 2.17. The first-order valence-corrected chi connectivity index (χ1v) is 8.29. The Morgan fingerprint density at radius 1 is 1.48 bits per heavy atom. The third-order valence-electron chi connectivity index (χ3n) is 4.03. The molecule has 0 amide bonds. The van der Waals surface area contributed by atoms with Crippen LogP contribution in [0.25, 0.3) is 0 Å². The van der Waals surface area contributed by atoms with Crippen molar-refractivity contribution in [3.05, 3.63) is 32.8 Å². The zero-order valence-corrected chi connectivity index (χ0v) is 13.9. The summed E-state index contributed by atoms with van der Waals surface area (Å²) in [6.45, 7) is 5.26. The third-order valence-corrected chi connectivity index (χ3v) is 4.53. The van der Waals surface area contributed by atoms with Crippen LogP contribution in [0.3, 0.4) is 0 Å². The SMILES string of the molecule is CC1CCCCN1CCCNc1cc(Br)ccc1[N+](=O)[O-]. The lowest BCUT2D eigenvalue weighted by Crippen LogP contribution is -2.38. The van der Waals surface area contributed by atoms with Crippen molar-refractivity contribution in [2.24, 2.45) is 0 Å². The van der Waals surface area contributed by atoms with E-state index in [9.17, 15) is 10.1 Å². The van der Waals surface area contributed by atoms with Crippen LogP contribution in [0.5, 0.6) is 0 Å². The Hall–Kier alpha value is -1.14. The maximum absolute atomic E-state index is 11.0. The number of piperidine rings is 1. The molecule has 21 heavy (non-hydrogen) atoms. The first-order chi connectivity index (χ1) is 10.1. The van der Waals surface area contributed by atoms with Crippen LogP contribution in [0, 0.1) is 10.1 Å². The van der Waals surface area contributed by atoms with Crippen LogP contribution in [0.2, 0.25) is 0 Å². The molecule has 0 radical (unpaired) electrons. The van der Waals surface area contributed by atoms with Crippen LogP contribution in [-0.4, -0.2) is 35.5 Å². The molecule has 1 unspecified atom stereocenters. The average molecular weight is 356 g/mol. The molecule has 0 spiro atoms. The van der Waals surface area contributed by atoms with Crippen molar-refractivity contribution >= 4 is 27.3 Å². The van der Waals surface area contributed by atoms with Crippen LogP contribution in [0.1, 0.15) is 32.6 Å². The van der Waals surface area contributed by atoms with Gasteiger partial charge in [-0.25, -0.2) is 0 Å². The van der Waals surface area contributed by atoms with E-state index in [1.54, 1.807) is 12.1 Å². The van der Waals surface area contributed by atoms with E-state index in [0.717, 1.165) is 24.0 Å². The van der Waals surface area contributed by atoms with Crippen molar-refractivity contribution in [1.82, 2.24) is 4.90 Å².